The van der Waals surface area contributed by atoms with Gasteiger partial charge in [-0.3, -0.25) is 0 Å². The van der Waals surface area contributed by atoms with Crippen LogP contribution >= 0.6 is 11.6 Å². The van der Waals surface area contributed by atoms with Crippen LogP contribution < -0.4 is 14.5 Å². The summed E-state index contributed by atoms with van der Waals surface area (Å²) in [6, 6.07) is 26.3. The van der Waals surface area contributed by atoms with Crippen LogP contribution in [0.25, 0.3) is 11.1 Å². The number of quaternary nitrogens is 1. The standard InChI is InChI=1S/C25H27ClN2O2/c26-22-7-4-8-23(17-22)28-15-13-27(14-16-28)18-24(29)19-30-25-11-9-21(10-12-25)20-5-2-1-3-6-20/h1-12,17,24,29H,13-16,18-19H2/p+1/t24-/m1/s1. The van der Waals surface area contributed by atoms with Gasteiger partial charge in [-0.25, -0.2) is 0 Å². The fraction of sp³-hybridized carbons (Fsp3) is 0.280. The third-order valence-electron chi connectivity index (χ3n) is 5.57. The number of hydrogen-bond donors (Lipinski definition) is 2. The molecular weight excluding hydrogens is 396 g/mol. The van der Waals surface area contributed by atoms with E-state index < -0.39 is 6.10 Å². The summed E-state index contributed by atoms with van der Waals surface area (Å²) in [7, 11) is 0. The highest BCUT2D eigenvalue weighted by Crippen LogP contribution is 2.22. The first-order valence-electron chi connectivity index (χ1n) is 10.5. The van der Waals surface area contributed by atoms with Crippen molar-refractivity contribution in [3.8, 4) is 16.9 Å². The predicted molar refractivity (Wildman–Crippen MR) is 123 cm³/mol. The average molecular weight is 424 g/mol. The van der Waals surface area contributed by atoms with E-state index in [4.69, 9.17) is 16.3 Å². The Morgan fingerprint density at radius 3 is 2.30 bits per heavy atom. The van der Waals surface area contributed by atoms with Crippen molar-refractivity contribution in [2.24, 2.45) is 0 Å². The van der Waals surface area contributed by atoms with E-state index in [9.17, 15) is 5.11 Å². The lowest BCUT2D eigenvalue weighted by molar-refractivity contribution is -0.903. The van der Waals surface area contributed by atoms with Gasteiger partial charge in [-0.1, -0.05) is 60.1 Å². The van der Waals surface area contributed by atoms with Crippen LogP contribution in [0, 0.1) is 0 Å². The average Bonchev–Trinajstić information content (AvgIpc) is 2.79. The molecule has 1 atom stereocenters. The fourth-order valence-electron chi connectivity index (χ4n) is 3.92. The monoisotopic (exact) mass is 423 g/mol. The third kappa shape index (κ3) is 5.54. The van der Waals surface area contributed by atoms with E-state index in [1.165, 1.54) is 16.2 Å². The van der Waals surface area contributed by atoms with Crippen LogP contribution in [0.5, 0.6) is 5.75 Å². The molecule has 2 N–H and O–H groups in total. The summed E-state index contributed by atoms with van der Waals surface area (Å²) < 4.78 is 5.82. The zero-order valence-corrected chi connectivity index (χ0v) is 17.8. The number of ether oxygens (including phenoxy) is 1. The van der Waals surface area contributed by atoms with Gasteiger partial charge in [0.05, 0.1) is 26.2 Å². The summed E-state index contributed by atoms with van der Waals surface area (Å²) in [5, 5.41) is 11.2. The molecule has 3 aromatic rings. The van der Waals surface area contributed by atoms with Crippen LogP contribution in [-0.4, -0.2) is 50.5 Å². The summed E-state index contributed by atoms with van der Waals surface area (Å²) in [6.45, 7) is 4.93. The van der Waals surface area contributed by atoms with E-state index in [0.717, 1.165) is 42.5 Å². The van der Waals surface area contributed by atoms with E-state index in [2.05, 4.69) is 35.2 Å². The molecule has 1 aliphatic rings. The second-order valence-electron chi connectivity index (χ2n) is 7.78. The van der Waals surface area contributed by atoms with Gasteiger partial charge in [-0.2, -0.15) is 0 Å². The quantitative estimate of drug-likeness (QED) is 0.613. The summed E-state index contributed by atoms with van der Waals surface area (Å²) in [4.78, 5) is 3.76. The molecule has 0 amide bonds. The molecule has 0 aromatic heterocycles. The van der Waals surface area contributed by atoms with Gasteiger partial charge in [0.2, 0.25) is 0 Å². The molecule has 0 unspecified atom stereocenters. The zero-order valence-electron chi connectivity index (χ0n) is 17.0. The number of nitrogens with one attached hydrogen (secondary N) is 1. The van der Waals surface area contributed by atoms with Gasteiger partial charge in [0.15, 0.2) is 0 Å². The van der Waals surface area contributed by atoms with Crippen molar-refractivity contribution in [1.82, 2.24) is 0 Å². The van der Waals surface area contributed by atoms with E-state index in [1.807, 2.05) is 48.5 Å². The number of piperazine rings is 1. The van der Waals surface area contributed by atoms with Gasteiger partial charge in [0.1, 0.15) is 25.0 Å². The molecule has 1 saturated heterocycles. The summed E-state index contributed by atoms with van der Waals surface area (Å²) in [5.41, 5.74) is 3.51. The van der Waals surface area contributed by atoms with Crippen LogP contribution in [0.2, 0.25) is 5.02 Å². The number of aliphatic hydroxyl groups is 1. The SMILES string of the molecule is O[C@@H](COc1ccc(-c2ccccc2)cc1)C[NH+]1CCN(c2cccc(Cl)c2)CC1. The maximum atomic E-state index is 10.4. The Bertz CT molecular complexity index is 925. The van der Waals surface area contributed by atoms with Crippen LogP contribution in [0.15, 0.2) is 78.9 Å². The van der Waals surface area contributed by atoms with E-state index in [0.29, 0.717) is 13.2 Å². The van der Waals surface area contributed by atoms with Crippen molar-refractivity contribution in [3.63, 3.8) is 0 Å². The molecule has 0 spiro atoms. The maximum absolute atomic E-state index is 10.4. The van der Waals surface area contributed by atoms with Crippen LogP contribution in [-0.2, 0) is 0 Å². The first-order chi connectivity index (χ1) is 14.7. The van der Waals surface area contributed by atoms with Gasteiger partial charge >= 0.3 is 0 Å². The highest BCUT2D eigenvalue weighted by molar-refractivity contribution is 6.30. The Morgan fingerprint density at radius 2 is 1.60 bits per heavy atom. The molecule has 0 saturated carbocycles. The molecule has 0 bridgehead atoms. The number of benzene rings is 3. The first-order valence-corrected chi connectivity index (χ1v) is 10.9. The number of halogens is 1. The minimum Gasteiger partial charge on any atom is -0.491 e. The molecule has 4 rings (SSSR count). The second-order valence-corrected chi connectivity index (χ2v) is 8.21. The van der Waals surface area contributed by atoms with E-state index in [-0.39, 0.29) is 0 Å². The number of rotatable bonds is 7. The predicted octanol–water partition coefficient (Wildman–Crippen LogP) is 3.15. The van der Waals surface area contributed by atoms with Gasteiger partial charge in [0, 0.05) is 10.7 Å². The fourth-order valence-corrected chi connectivity index (χ4v) is 4.10. The zero-order chi connectivity index (χ0) is 20.8. The summed E-state index contributed by atoms with van der Waals surface area (Å²) in [5.74, 6) is 0.787. The molecule has 4 nitrogen and oxygen atoms in total. The summed E-state index contributed by atoms with van der Waals surface area (Å²) in [6.07, 6.45) is -0.480. The second kappa shape index (κ2) is 9.98. The normalized spacial score (nSPS) is 15.7. The number of aliphatic hydroxyl groups excluding tert-OH is 1. The van der Waals surface area contributed by atoms with Crippen molar-refractivity contribution >= 4 is 17.3 Å². The Balaban J connectivity index is 1.21. The van der Waals surface area contributed by atoms with Gasteiger partial charge < -0.3 is 19.6 Å². The molecule has 1 aliphatic heterocycles. The van der Waals surface area contributed by atoms with Gasteiger partial charge in [-0.15, -0.1) is 0 Å². The van der Waals surface area contributed by atoms with Crippen LogP contribution in [0.4, 0.5) is 5.69 Å². The van der Waals surface area contributed by atoms with Crippen molar-refractivity contribution in [2.45, 2.75) is 6.10 Å². The lowest BCUT2D eigenvalue weighted by Gasteiger charge is -2.34. The van der Waals surface area contributed by atoms with Crippen molar-refractivity contribution in [1.29, 1.82) is 0 Å². The molecule has 0 radical (unpaired) electrons. The molecular formula is C25H28ClN2O2+. The topological polar surface area (TPSA) is 37.1 Å². The first kappa shape index (κ1) is 20.7. The summed E-state index contributed by atoms with van der Waals surface area (Å²) >= 11 is 6.11. The van der Waals surface area contributed by atoms with Gasteiger partial charge in [-0.05, 0) is 41.5 Å². The van der Waals surface area contributed by atoms with Crippen molar-refractivity contribution < 1.29 is 14.7 Å². The van der Waals surface area contributed by atoms with E-state index in [1.54, 1.807) is 0 Å². The highest BCUT2D eigenvalue weighted by atomic mass is 35.5. The van der Waals surface area contributed by atoms with Gasteiger partial charge in [0.25, 0.3) is 0 Å². The van der Waals surface area contributed by atoms with Crippen LogP contribution in [0.3, 0.4) is 0 Å². The maximum Gasteiger partial charge on any atom is 0.137 e. The molecule has 1 fully saturated rings. The Hall–Kier alpha value is -2.53. The molecule has 5 heteroatoms. The van der Waals surface area contributed by atoms with Crippen LogP contribution in [0.1, 0.15) is 0 Å². The molecule has 0 aliphatic carbocycles. The lowest BCUT2D eigenvalue weighted by Crippen LogP contribution is -3.16. The third-order valence-corrected chi connectivity index (χ3v) is 5.81. The Kier molecular flexibility index (Phi) is 6.90. The number of nitrogens with zero attached hydrogens (tertiary/aromatic N) is 1. The lowest BCUT2D eigenvalue weighted by atomic mass is 10.1. The number of anilines is 1. The minimum absolute atomic E-state index is 0.312. The van der Waals surface area contributed by atoms with E-state index >= 15 is 0 Å². The number of hydrogen-bond acceptors (Lipinski definition) is 3. The minimum atomic E-state index is -0.480. The molecule has 3 aromatic carbocycles. The molecule has 1 heterocycles. The highest BCUT2D eigenvalue weighted by Gasteiger charge is 2.23. The largest absolute Gasteiger partial charge is 0.491 e. The molecule has 156 valence electrons. The Morgan fingerprint density at radius 1 is 0.900 bits per heavy atom. The molecule has 30 heavy (non-hydrogen) atoms. The Labute approximate surface area is 183 Å². The smallest absolute Gasteiger partial charge is 0.137 e. The van der Waals surface area contributed by atoms with Crippen molar-refractivity contribution in [3.05, 3.63) is 83.9 Å². The van der Waals surface area contributed by atoms with Crippen molar-refractivity contribution in [2.75, 3.05) is 44.2 Å².